The van der Waals surface area contributed by atoms with E-state index >= 15 is 0 Å². The van der Waals surface area contributed by atoms with Crippen molar-refractivity contribution in [2.24, 2.45) is 0 Å². The number of carbonyl (C=O) groups excluding carboxylic acids is 2. The fourth-order valence-corrected chi connectivity index (χ4v) is 0.363. The minimum absolute atomic E-state index is 0.162. The zero-order valence-corrected chi connectivity index (χ0v) is 6.16. The van der Waals surface area contributed by atoms with Gasteiger partial charge in [-0.15, -0.1) is 0 Å². The van der Waals surface area contributed by atoms with E-state index in [1.165, 1.54) is 0 Å². The summed E-state index contributed by atoms with van der Waals surface area (Å²) in [5, 5.41) is 0. The van der Waals surface area contributed by atoms with E-state index in [0.29, 0.717) is 6.54 Å². The average molecular weight is 145 g/mol. The number of hydrogen-bond donors (Lipinski definition) is 0. The molecule has 58 valence electrons. The van der Waals surface area contributed by atoms with Crippen LogP contribution in [0.1, 0.15) is 0 Å². The molecule has 0 spiro atoms. The number of likely N-dealkylation sites (N-methyl/N-ethyl adjacent to an activating group) is 1. The van der Waals surface area contributed by atoms with E-state index in [-0.39, 0.29) is 12.9 Å². The van der Waals surface area contributed by atoms with Gasteiger partial charge in [-0.3, -0.25) is 4.79 Å². The molecular weight excluding hydrogens is 134 g/mol. The molecule has 0 heterocycles. The van der Waals surface area contributed by atoms with Gasteiger partial charge in [-0.1, -0.05) is 0 Å². The molecule has 0 rings (SSSR count). The van der Waals surface area contributed by atoms with Gasteiger partial charge < -0.3 is 9.64 Å². The smallest absolute Gasteiger partial charge is 0.371 e. The van der Waals surface area contributed by atoms with Crippen LogP contribution in [0.5, 0.6) is 0 Å². The largest absolute Gasteiger partial charge is 0.459 e. The first-order valence-electron chi connectivity index (χ1n) is 2.93. The molecule has 0 aromatic rings. The summed E-state index contributed by atoms with van der Waals surface area (Å²) >= 11 is 0. The summed E-state index contributed by atoms with van der Waals surface area (Å²) < 4.78 is 4.45. The van der Waals surface area contributed by atoms with E-state index in [1.54, 1.807) is 0 Å². The van der Waals surface area contributed by atoms with Gasteiger partial charge in [-0.05, 0) is 14.1 Å². The fourth-order valence-electron chi connectivity index (χ4n) is 0.363. The molecule has 0 saturated carbocycles. The lowest BCUT2D eigenvalue weighted by molar-refractivity contribution is -0.148. The molecule has 0 N–H and O–H groups in total. The number of aldehydes is 1. The topological polar surface area (TPSA) is 46.6 Å². The van der Waals surface area contributed by atoms with Crippen LogP contribution in [0.25, 0.3) is 0 Å². The molecule has 0 aliphatic carbocycles. The first-order chi connectivity index (χ1) is 4.66. The third-order valence-electron chi connectivity index (χ3n) is 0.879. The van der Waals surface area contributed by atoms with Crippen molar-refractivity contribution in [3.05, 3.63) is 0 Å². The van der Waals surface area contributed by atoms with Crippen LogP contribution in [0, 0.1) is 0 Å². The molecule has 4 nitrogen and oxygen atoms in total. The SMILES string of the molecule is CN(C)CCOC(=O)C=O. The second kappa shape index (κ2) is 4.93. The number of esters is 1. The highest BCUT2D eigenvalue weighted by Gasteiger charge is 1.97. The van der Waals surface area contributed by atoms with Crippen LogP contribution in [0.15, 0.2) is 0 Å². The summed E-state index contributed by atoms with van der Waals surface area (Å²) in [5.74, 6) is -0.804. The minimum Gasteiger partial charge on any atom is -0.459 e. The molecule has 4 heteroatoms. The van der Waals surface area contributed by atoms with E-state index < -0.39 is 5.97 Å². The normalized spacial score (nSPS) is 9.50. The Morgan fingerprint density at radius 2 is 2.20 bits per heavy atom. The Bertz CT molecular complexity index is 122. The molecule has 0 atom stereocenters. The first kappa shape index (κ1) is 9.10. The molecule has 10 heavy (non-hydrogen) atoms. The predicted octanol–water partition coefficient (Wildman–Crippen LogP) is -0.710. The van der Waals surface area contributed by atoms with Gasteiger partial charge in [0.25, 0.3) is 0 Å². The summed E-state index contributed by atoms with van der Waals surface area (Å²) in [5.41, 5.74) is 0. The minimum atomic E-state index is -0.804. The molecule has 0 saturated heterocycles. The maximum Gasteiger partial charge on any atom is 0.371 e. The van der Waals surface area contributed by atoms with Gasteiger partial charge in [0, 0.05) is 6.54 Å². The third-order valence-corrected chi connectivity index (χ3v) is 0.879. The van der Waals surface area contributed by atoms with Gasteiger partial charge in [0.2, 0.25) is 6.29 Å². The van der Waals surface area contributed by atoms with Crippen LogP contribution in [-0.4, -0.2) is 44.4 Å². The van der Waals surface area contributed by atoms with E-state index in [0.717, 1.165) is 0 Å². The lowest BCUT2D eigenvalue weighted by Crippen LogP contribution is -2.20. The van der Waals surface area contributed by atoms with E-state index in [2.05, 4.69) is 4.74 Å². The van der Waals surface area contributed by atoms with Crippen molar-refractivity contribution in [1.29, 1.82) is 0 Å². The molecule has 0 aliphatic heterocycles. The van der Waals surface area contributed by atoms with Gasteiger partial charge in [0.05, 0.1) is 0 Å². The van der Waals surface area contributed by atoms with Crippen molar-refractivity contribution in [2.45, 2.75) is 0 Å². The zero-order valence-electron chi connectivity index (χ0n) is 6.16. The summed E-state index contributed by atoms with van der Waals surface area (Å²) in [6, 6.07) is 0. The molecule has 0 amide bonds. The van der Waals surface area contributed by atoms with Gasteiger partial charge >= 0.3 is 5.97 Å². The molecule has 0 radical (unpaired) electrons. The molecule has 0 fully saturated rings. The van der Waals surface area contributed by atoms with E-state index in [1.807, 2.05) is 19.0 Å². The van der Waals surface area contributed by atoms with E-state index in [4.69, 9.17) is 0 Å². The third kappa shape index (κ3) is 5.24. The van der Waals surface area contributed by atoms with E-state index in [9.17, 15) is 9.59 Å². The van der Waals surface area contributed by atoms with Gasteiger partial charge in [0.15, 0.2) is 0 Å². The maximum atomic E-state index is 10.2. The molecular formula is C6H11NO3. The lowest BCUT2D eigenvalue weighted by Gasteiger charge is -2.07. The van der Waals surface area contributed by atoms with Crippen molar-refractivity contribution in [1.82, 2.24) is 4.90 Å². The number of ether oxygens (including phenoxy) is 1. The quantitative estimate of drug-likeness (QED) is 0.298. The molecule has 0 aromatic carbocycles. The van der Waals surface area contributed by atoms with Crippen LogP contribution in [-0.2, 0) is 14.3 Å². The Labute approximate surface area is 59.8 Å². The second-order valence-electron chi connectivity index (χ2n) is 2.09. The Morgan fingerprint density at radius 1 is 1.60 bits per heavy atom. The summed E-state index contributed by atoms with van der Waals surface area (Å²) in [6.07, 6.45) is 0.162. The van der Waals surface area contributed by atoms with Crippen LogP contribution >= 0.6 is 0 Å². The second-order valence-corrected chi connectivity index (χ2v) is 2.09. The number of carbonyl (C=O) groups is 2. The highest BCUT2D eigenvalue weighted by Crippen LogP contribution is 1.77. The fraction of sp³-hybridized carbons (Fsp3) is 0.667. The van der Waals surface area contributed by atoms with Gasteiger partial charge in [0.1, 0.15) is 6.61 Å². The maximum absolute atomic E-state index is 10.2. The summed E-state index contributed by atoms with van der Waals surface area (Å²) in [6.45, 7) is 0.907. The molecule has 0 aliphatic rings. The summed E-state index contributed by atoms with van der Waals surface area (Å²) in [7, 11) is 3.71. The molecule has 0 bridgehead atoms. The first-order valence-corrected chi connectivity index (χ1v) is 2.93. The van der Waals surface area contributed by atoms with Crippen LogP contribution < -0.4 is 0 Å². The van der Waals surface area contributed by atoms with Crippen LogP contribution in [0.4, 0.5) is 0 Å². The van der Waals surface area contributed by atoms with Crippen molar-refractivity contribution in [3.63, 3.8) is 0 Å². The highest BCUT2D eigenvalue weighted by atomic mass is 16.5. The number of hydrogen-bond acceptors (Lipinski definition) is 4. The zero-order chi connectivity index (χ0) is 7.98. The highest BCUT2D eigenvalue weighted by molar-refractivity contribution is 6.20. The van der Waals surface area contributed by atoms with Crippen molar-refractivity contribution >= 4 is 12.3 Å². The van der Waals surface area contributed by atoms with Crippen molar-refractivity contribution in [3.8, 4) is 0 Å². The van der Waals surface area contributed by atoms with Gasteiger partial charge in [-0.2, -0.15) is 0 Å². The Kier molecular flexibility index (Phi) is 4.49. The molecule has 0 unspecified atom stereocenters. The Morgan fingerprint density at radius 3 is 2.60 bits per heavy atom. The van der Waals surface area contributed by atoms with Crippen molar-refractivity contribution < 1.29 is 14.3 Å². The predicted molar refractivity (Wildman–Crippen MR) is 35.6 cm³/mol. The average Bonchev–Trinajstić information content (AvgIpc) is 1.87. The lowest BCUT2D eigenvalue weighted by atomic mass is 10.6. The number of nitrogens with zero attached hydrogens (tertiary/aromatic N) is 1. The monoisotopic (exact) mass is 145 g/mol. The molecule has 0 aromatic heterocycles. The Hall–Kier alpha value is -0.900. The Balaban J connectivity index is 3.19. The van der Waals surface area contributed by atoms with Crippen LogP contribution in [0.2, 0.25) is 0 Å². The summed E-state index contributed by atoms with van der Waals surface area (Å²) in [4.78, 5) is 21.7. The van der Waals surface area contributed by atoms with Gasteiger partial charge in [-0.25, -0.2) is 4.79 Å². The standard InChI is InChI=1S/C6H11NO3/c1-7(2)3-4-10-6(9)5-8/h5H,3-4H2,1-2H3. The van der Waals surface area contributed by atoms with Crippen LogP contribution in [0.3, 0.4) is 0 Å². The van der Waals surface area contributed by atoms with Crippen molar-refractivity contribution in [2.75, 3.05) is 27.2 Å². The number of rotatable bonds is 4.